The van der Waals surface area contributed by atoms with Crippen molar-refractivity contribution in [2.24, 2.45) is 0 Å². The van der Waals surface area contributed by atoms with Crippen molar-refractivity contribution >= 4 is 5.91 Å². The van der Waals surface area contributed by atoms with Gasteiger partial charge in [-0.25, -0.2) is 0 Å². The monoisotopic (exact) mass is 226 g/mol. The molecule has 2 unspecified atom stereocenters. The van der Waals surface area contributed by atoms with Crippen molar-refractivity contribution in [3.8, 4) is 0 Å². The van der Waals surface area contributed by atoms with E-state index < -0.39 is 0 Å². The highest BCUT2D eigenvalue weighted by Gasteiger charge is 2.22. The van der Waals surface area contributed by atoms with Crippen LogP contribution in [0.2, 0.25) is 0 Å². The average molecular weight is 226 g/mol. The molecule has 0 bridgehead atoms. The Bertz CT molecular complexity index is 227. The van der Waals surface area contributed by atoms with Crippen molar-refractivity contribution in [3.63, 3.8) is 0 Å². The normalized spacial score (nSPS) is 31.9. The van der Waals surface area contributed by atoms with Crippen LogP contribution in [0.5, 0.6) is 0 Å². The summed E-state index contributed by atoms with van der Waals surface area (Å²) in [6.45, 7) is 2.57. The van der Waals surface area contributed by atoms with Crippen LogP contribution in [-0.2, 0) is 9.53 Å². The summed E-state index contributed by atoms with van der Waals surface area (Å²) in [5, 5.41) is 6.33. The summed E-state index contributed by atoms with van der Waals surface area (Å²) in [5.74, 6) is 0.0771. The van der Waals surface area contributed by atoms with Gasteiger partial charge in [-0.05, 0) is 38.6 Å². The molecular weight excluding hydrogens is 204 g/mol. The second-order valence-corrected chi connectivity index (χ2v) is 4.76. The molecular formula is C12H22N2O2. The molecule has 92 valence electrons. The standard InChI is InChI=1S/C12H22N2O2/c15-12-11(6-2-4-8-14-12)16-9-10-5-1-3-7-13-10/h10-11,13H,1-9H2,(H,14,15). The minimum absolute atomic E-state index is 0.0771. The second-order valence-electron chi connectivity index (χ2n) is 4.76. The highest BCUT2D eigenvalue weighted by Crippen LogP contribution is 2.12. The summed E-state index contributed by atoms with van der Waals surface area (Å²) >= 11 is 0. The molecule has 4 heteroatoms. The molecule has 2 aliphatic heterocycles. The topological polar surface area (TPSA) is 50.4 Å². The van der Waals surface area contributed by atoms with Gasteiger partial charge in [-0.3, -0.25) is 4.79 Å². The molecule has 4 nitrogen and oxygen atoms in total. The third kappa shape index (κ3) is 3.46. The zero-order valence-corrected chi connectivity index (χ0v) is 9.84. The van der Waals surface area contributed by atoms with E-state index in [0.717, 1.165) is 32.4 Å². The first-order valence-electron chi connectivity index (χ1n) is 6.49. The van der Waals surface area contributed by atoms with Crippen LogP contribution in [0.4, 0.5) is 0 Å². The van der Waals surface area contributed by atoms with Crippen molar-refractivity contribution in [1.82, 2.24) is 10.6 Å². The maximum Gasteiger partial charge on any atom is 0.249 e. The molecule has 2 atom stereocenters. The molecule has 0 radical (unpaired) electrons. The van der Waals surface area contributed by atoms with Crippen LogP contribution < -0.4 is 10.6 Å². The lowest BCUT2D eigenvalue weighted by Gasteiger charge is -2.25. The lowest BCUT2D eigenvalue weighted by molar-refractivity contribution is -0.133. The van der Waals surface area contributed by atoms with Gasteiger partial charge in [0.15, 0.2) is 0 Å². The smallest absolute Gasteiger partial charge is 0.249 e. The highest BCUT2D eigenvalue weighted by atomic mass is 16.5. The molecule has 2 heterocycles. The molecule has 16 heavy (non-hydrogen) atoms. The third-order valence-electron chi connectivity index (χ3n) is 3.40. The van der Waals surface area contributed by atoms with E-state index in [0.29, 0.717) is 12.6 Å². The Morgan fingerprint density at radius 3 is 2.75 bits per heavy atom. The SMILES string of the molecule is O=C1NCCCCC1OCC1CCCCN1. The zero-order valence-electron chi connectivity index (χ0n) is 9.84. The fourth-order valence-corrected chi connectivity index (χ4v) is 2.37. The van der Waals surface area contributed by atoms with Crippen LogP contribution in [0.1, 0.15) is 38.5 Å². The Hall–Kier alpha value is -0.610. The summed E-state index contributed by atoms with van der Waals surface area (Å²) in [6, 6.07) is 0.449. The summed E-state index contributed by atoms with van der Waals surface area (Å²) in [7, 11) is 0. The number of hydrogen-bond donors (Lipinski definition) is 2. The Morgan fingerprint density at radius 1 is 1.12 bits per heavy atom. The molecule has 0 saturated carbocycles. The zero-order chi connectivity index (χ0) is 11.2. The van der Waals surface area contributed by atoms with E-state index in [1.807, 2.05) is 0 Å². The van der Waals surface area contributed by atoms with E-state index >= 15 is 0 Å². The van der Waals surface area contributed by atoms with Crippen LogP contribution >= 0.6 is 0 Å². The lowest BCUT2D eigenvalue weighted by Crippen LogP contribution is -2.41. The fraction of sp³-hybridized carbons (Fsp3) is 0.917. The van der Waals surface area contributed by atoms with Crippen LogP contribution in [0.3, 0.4) is 0 Å². The van der Waals surface area contributed by atoms with Crippen LogP contribution in [0, 0.1) is 0 Å². The minimum Gasteiger partial charge on any atom is -0.367 e. The van der Waals surface area contributed by atoms with Crippen molar-refractivity contribution < 1.29 is 9.53 Å². The van der Waals surface area contributed by atoms with Crippen LogP contribution in [0.25, 0.3) is 0 Å². The average Bonchev–Trinajstić information content (AvgIpc) is 2.53. The summed E-state index contributed by atoms with van der Waals surface area (Å²) in [4.78, 5) is 11.6. The maximum absolute atomic E-state index is 11.6. The number of rotatable bonds is 3. The highest BCUT2D eigenvalue weighted by molar-refractivity contribution is 5.80. The number of hydrogen-bond acceptors (Lipinski definition) is 3. The fourth-order valence-electron chi connectivity index (χ4n) is 2.37. The first kappa shape index (κ1) is 11.9. The Labute approximate surface area is 97.1 Å². The van der Waals surface area contributed by atoms with Gasteiger partial charge >= 0.3 is 0 Å². The number of nitrogens with one attached hydrogen (secondary N) is 2. The Kier molecular flexibility index (Phi) is 4.60. The Balaban J connectivity index is 1.72. The number of carbonyl (C=O) groups is 1. The van der Waals surface area contributed by atoms with Crippen molar-refractivity contribution in [3.05, 3.63) is 0 Å². The molecule has 2 fully saturated rings. The van der Waals surface area contributed by atoms with Gasteiger partial charge < -0.3 is 15.4 Å². The lowest BCUT2D eigenvalue weighted by atomic mass is 10.1. The van der Waals surface area contributed by atoms with Gasteiger partial charge in [0, 0.05) is 12.6 Å². The third-order valence-corrected chi connectivity index (χ3v) is 3.40. The molecule has 2 N–H and O–H groups in total. The number of piperidine rings is 1. The first-order valence-corrected chi connectivity index (χ1v) is 6.49. The molecule has 0 spiro atoms. The minimum atomic E-state index is -0.216. The van der Waals surface area contributed by atoms with Gasteiger partial charge in [0.05, 0.1) is 6.61 Å². The molecule has 0 aromatic rings. The Morgan fingerprint density at radius 2 is 1.94 bits per heavy atom. The van der Waals surface area contributed by atoms with Gasteiger partial charge in [-0.2, -0.15) is 0 Å². The van der Waals surface area contributed by atoms with E-state index in [4.69, 9.17) is 4.74 Å². The molecule has 2 aliphatic rings. The van der Waals surface area contributed by atoms with Crippen molar-refractivity contribution in [1.29, 1.82) is 0 Å². The van der Waals surface area contributed by atoms with E-state index in [1.54, 1.807) is 0 Å². The van der Waals surface area contributed by atoms with Crippen LogP contribution in [-0.4, -0.2) is 37.7 Å². The van der Waals surface area contributed by atoms with Gasteiger partial charge in [0.1, 0.15) is 6.10 Å². The first-order chi connectivity index (χ1) is 7.86. The van der Waals surface area contributed by atoms with E-state index in [-0.39, 0.29) is 12.0 Å². The van der Waals surface area contributed by atoms with Gasteiger partial charge in [0.25, 0.3) is 0 Å². The van der Waals surface area contributed by atoms with Gasteiger partial charge in [0.2, 0.25) is 5.91 Å². The van der Waals surface area contributed by atoms with Crippen molar-refractivity contribution in [2.45, 2.75) is 50.7 Å². The second kappa shape index (κ2) is 6.21. The predicted octanol–water partition coefficient (Wildman–Crippen LogP) is 0.814. The molecule has 2 rings (SSSR count). The molecule has 0 aromatic carbocycles. The van der Waals surface area contributed by atoms with Crippen LogP contribution in [0.15, 0.2) is 0 Å². The molecule has 0 aliphatic carbocycles. The predicted molar refractivity (Wildman–Crippen MR) is 62.2 cm³/mol. The van der Waals surface area contributed by atoms with E-state index in [1.165, 1.54) is 19.3 Å². The van der Waals surface area contributed by atoms with Crippen molar-refractivity contribution in [2.75, 3.05) is 19.7 Å². The quantitative estimate of drug-likeness (QED) is 0.749. The molecule has 2 saturated heterocycles. The molecule has 1 amide bonds. The molecule has 0 aromatic heterocycles. The summed E-state index contributed by atoms with van der Waals surface area (Å²) in [6.07, 6.45) is 6.53. The maximum atomic E-state index is 11.6. The number of amides is 1. The summed E-state index contributed by atoms with van der Waals surface area (Å²) in [5.41, 5.74) is 0. The number of carbonyl (C=O) groups excluding carboxylic acids is 1. The number of ether oxygens (including phenoxy) is 1. The van der Waals surface area contributed by atoms with Gasteiger partial charge in [-0.15, -0.1) is 0 Å². The largest absolute Gasteiger partial charge is 0.367 e. The van der Waals surface area contributed by atoms with E-state index in [9.17, 15) is 4.79 Å². The summed E-state index contributed by atoms with van der Waals surface area (Å²) < 4.78 is 5.74. The van der Waals surface area contributed by atoms with Gasteiger partial charge in [-0.1, -0.05) is 6.42 Å². The van der Waals surface area contributed by atoms with E-state index in [2.05, 4.69) is 10.6 Å².